The van der Waals surface area contributed by atoms with Gasteiger partial charge in [0, 0.05) is 30.2 Å². The maximum atomic E-state index is 13.5. The van der Waals surface area contributed by atoms with Crippen LogP contribution in [0.4, 0.5) is 5.69 Å². The van der Waals surface area contributed by atoms with Gasteiger partial charge in [-0.2, -0.15) is 0 Å². The Balaban J connectivity index is 1.46. The van der Waals surface area contributed by atoms with Crippen molar-refractivity contribution in [3.8, 4) is 0 Å². The number of hydrogen-bond acceptors (Lipinski definition) is 6. The van der Waals surface area contributed by atoms with Crippen molar-refractivity contribution in [1.29, 1.82) is 0 Å². The minimum atomic E-state index is -0.201. The van der Waals surface area contributed by atoms with E-state index in [1.165, 1.54) is 6.42 Å². The molecule has 0 radical (unpaired) electrons. The van der Waals surface area contributed by atoms with Gasteiger partial charge in [-0.1, -0.05) is 48.7 Å². The lowest BCUT2D eigenvalue weighted by Gasteiger charge is -2.40. The second-order valence-corrected chi connectivity index (χ2v) is 9.91. The molecule has 7 nitrogen and oxygen atoms in total. The van der Waals surface area contributed by atoms with E-state index in [1.54, 1.807) is 6.92 Å². The van der Waals surface area contributed by atoms with E-state index in [0.29, 0.717) is 22.8 Å². The van der Waals surface area contributed by atoms with Crippen molar-refractivity contribution in [2.45, 2.75) is 83.3 Å². The van der Waals surface area contributed by atoms with E-state index in [9.17, 15) is 9.59 Å². The number of carbonyl (C=O) groups is 2. The average Bonchev–Trinajstić information content (AvgIpc) is 3.25. The minimum Gasteiger partial charge on any atom is -0.334 e. The molecule has 172 valence electrons. The molecule has 0 aliphatic heterocycles. The van der Waals surface area contributed by atoms with Crippen LogP contribution in [0.5, 0.6) is 0 Å². The van der Waals surface area contributed by atoms with Gasteiger partial charge in [0.1, 0.15) is 4.88 Å². The van der Waals surface area contributed by atoms with Crippen LogP contribution in [0.2, 0.25) is 0 Å². The first-order valence-corrected chi connectivity index (χ1v) is 12.6. The fourth-order valence-electron chi connectivity index (χ4n) is 4.99. The molecule has 0 spiro atoms. The predicted molar refractivity (Wildman–Crippen MR) is 126 cm³/mol. The second kappa shape index (κ2) is 10.5. The van der Waals surface area contributed by atoms with E-state index in [2.05, 4.69) is 19.8 Å². The Bertz CT molecular complexity index is 923. The van der Waals surface area contributed by atoms with Crippen LogP contribution in [0.15, 0.2) is 24.3 Å². The zero-order chi connectivity index (χ0) is 22.5. The molecule has 1 aromatic carbocycles. The minimum absolute atomic E-state index is 0.0473. The SMILES string of the molecule is Cc1nnsc1C(=O)Nc1ccc(CN(C(=O)C2CCCCC2)C2CCCCC2N)cc1. The van der Waals surface area contributed by atoms with Crippen LogP contribution in [-0.4, -0.2) is 38.4 Å². The van der Waals surface area contributed by atoms with Crippen molar-refractivity contribution in [1.82, 2.24) is 14.5 Å². The molecule has 4 rings (SSSR count). The molecular weight excluding hydrogens is 422 g/mol. The highest BCUT2D eigenvalue weighted by molar-refractivity contribution is 7.08. The van der Waals surface area contributed by atoms with Gasteiger partial charge in [0.05, 0.1) is 5.69 Å². The molecule has 0 saturated heterocycles. The number of aryl methyl sites for hydroxylation is 1. The molecular formula is C24H33N5O2S. The third-order valence-electron chi connectivity index (χ3n) is 6.84. The Hall–Kier alpha value is -2.32. The monoisotopic (exact) mass is 455 g/mol. The summed E-state index contributed by atoms with van der Waals surface area (Å²) in [5.74, 6) is 0.206. The lowest BCUT2D eigenvalue weighted by Crippen LogP contribution is -2.53. The third-order valence-corrected chi connectivity index (χ3v) is 7.67. The third kappa shape index (κ3) is 5.35. The Labute approximate surface area is 193 Å². The van der Waals surface area contributed by atoms with E-state index in [0.717, 1.165) is 68.5 Å². The molecule has 2 aliphatic rings. The summed E-state index contributed by atoms with van der Waals surface area (Å²) in [4.78, 5) is 28.5. The molecule has 2 fully saturated rings. The van der Waals surface area contributed by atoms with E-state index in [-0.39, 0.29) is 29.8 Å². The summed E-state index contributed by atoms with van der Waals surface area (Å²) < 4.78 is 3.82. The Morgan fingerprint density at radius 1 is 1.06 bits per heavy atom. The number of hydrogen-bond donors (Lipinski definition) is 2. The Kier molecular flexibility index (Phi) is 7.52. The fourth-order valence-corrected chi connectivity index (χ4v) is 5.54. The number of amides is 2. The number of nitrogens with one attached hydrogen (secondary N) is 1. The number of anilines is 1. The zero-order valence-corrected chi connectivity index (χ0v) is 19.6. The van der Waals surface area contributed by atoms with Gasteiger partial charge in [-0.3, -0.25) is 9.59 Å². The van der Waals surface area contributed by atoms with E-state index >= 15 is 0 Å². The van der Waals surface area contributed by atoms with E-state index in [4.69, 9.17) is 5.73 Å². The van der Waals surface area contributed by atoms with Gasteiger partial charge in [0.25, 0.3) is 5.91 Å². The standard InChI is InChI=1S/C24H33N5O2S/c1-16-22(32-28-27-16)23(30)26-19-13-11-17(12-14-19)15-29(21-10-6-5-9-20(21)25)24(31)18-7-3-2-4-8-18/h11-14,18,20-21H,2-10,15,25H2,1H3,(H,26,30). The predicted octanol–water partition coefficient (Wildman–Crippen LogP) is 4.28. The van der Waals surface area contributed by atoms with Crippen molar-refractivity contribution >= 4 is 29.0 Å². The van der Waals surface area contributed by atoms with Crippen molar-refractivity contribution in [3.63, 3.8) is 0 Å². The second-order valence-electron chi connectivity index (χ2n) is 9.16. The van der Waals surface area contributed by atoms with Gasteiger partial charge in [-0.25, -0.2) is 0 Å². The molecule has 3 N–H and O–H groups in total. The number of carbonyl (C=O) groups excluding carboxylic acids is 2. The summed E-state index contributed by atoms with van der Waals surface area (Å²) in [6.45, 7) is 2.34. The van der Waals surface area contributed by atoms with Crippen LogP contribution >= 0.6 is 11.5 Å². The molecule has 1 aromatic heterocycles. The van der Waals surface area contributed by atoms with Gasteiger partial charge in [0.2, 0.25) is 5.91 Å². The Morgan fingerprint density at radius 2 is 1.75 bits per heavy atom. The van der Waals surface area contributed by atoms with Crippen LogP contribution < -0.4 is 11.1 Å². The highest BCUT2D eigenvalue weighted by atomic mass is 32.1. The van der Waals surface area contributed by atoms with Gasteiger partial charge >= 0.3 is 0 Å². The van der Waals surface area contributed by atoms with E-state index in [1.807, 2.05) is 24.3 Å². The molecule has 2 saturated carbocycles. The first-order valence-electron chi connectivity index (χ1n) is 11.8. The quantitative estimate of drug-likeness (QED) is 0.677. The van der Waals surface area contributed by atoms with Crippen LogP contribution in [0.25, 0.3) is 0 Å². The first-order chi connectivity index (χ1) is 15.5. The summed E-state index contributed by atoms with van der Waals surface area (Å²) >= 11 is 1.09. The maximum absolute atomic E-state index is 13.5. The molecule has 1 heterocycles. The highest BCUT2D eigenvalue weighted by Gasteiger charge is 2.34. The largest absolute Gasteiger partial charge is 0.334 e. The van der Waals surface area contributed by atoms with Gasteiger partial charge < -0.3 is 16.0 Å². The molecule has 2 atom stereocenters. The van der Waals surface area contributed by atoms with Crippen molar-refractivity contribution in [2.75, 3.05) is 5.32 Å². The highest BCUT2D eigenvalue weighted by Crippen LogP contribution is 2.30. The first kappa shape index (κ1) is 22.9. The van der Waals surface area contributed by atoms with Crippen LogP contribution in [0.3, 0.4) is 0 Å². The van der Waals surface area contributed by atoms with Crippen LogP contribution in [0, 0.1) is 12.8 Å². The fraction of sp³-hybridized carbons (Fsp3) is 0.583. The maximum Gasteiger partial charge on any atom is 0.269 e. The van der Waals surface area contributed by atoms with Crippen molar-refractivity contribution < 1.29 is 9.59 Å². The zero-order valence-electron chi connectivity index (χ0n) is 18.8. The van der Waals surface area contributed by atoms with Gasteiger partial charge in [0.15, 0.2) is 0 Å². The van der Waals surface area contributed by atoms with Crippen LogP contribution in [-0.2, 0) is 11.3 Å². The number of rotatable bonds is 6. The summed E-state index contributed by atoms with van der Waals surface area (Å²) in [6.07, 6.45) is 9.75. The summed E-state index contributed by atoms with van der Waals surface area (Å²) in [6, 6.07) is 7.92. The van der Waals surface area contributed by atoms with Gasteiger partial charge in [-0.05, 0) is 61.8 Å². The van der Waals surface area contributed by atoms with Crippen molar-refractivity contribution in [2.24, 2.45) is 11.7 Å². The van der Waals surface area contributed by atoms with E-state index < -0.39 is 0 Å². The average molecular weight is 456 g/mol. The number of nitrogens with two attached hydrogens (primary N) is 1. The van der Waals surface area contributed by atoms with Crippen LogP contribution in [0.1, 0.15) is 78.7 Å². The Morgan fingerprint density at radius 3 is 2.41 bits per heavy atom. The summed E-state index contributed by atoms with van der Waals surface area (Å²) in [7, 11) is 0. The lowest BCUT2D eigenvalue weighted by atomic mass is 9.85. The van der Waals surface area contributed by atoms with Gasteiger partial charge in [-0.15, -0.1) is 5.10 Å². The molecule has 2 aromatic rings. The van der Waals surface area contributed by atoms with Crippen molar-refractivity contribution in [3.05, 3.63) is 40.4 Å². The molecule has 8 heteroatoms. The summed E-state index contributed by atoms with van der Waals surface area (Å²) in [5, 5.41) is 6.79. The molecule has 2 amide bonds. The molecule has 0 bridgehead atoms. The topological polar surface area (TPSA) is 101 Å². The smallest absolute Gasteiger partial charge is 0.269 e. The number of benzene rings is 1. The lowest BCUT2D eigenvalue weighted by molar-refractivity contribution is -0.141. The molecule has 32 heavy (non-hydrogen) atoms. The molecule has 2 unspecified atom stereocenters. The number of aromatic nitrogens is 2. The normalized spacial score (nSPS) is 21.8. The molecule has 2 aliphatic carbocycles. The summed E-state index contributed by atoms with van der Waals surface area (Å²) in [5.41, 5.74) is 8.89. The number of nitrogens with zero attached hydrogens (tertiary/aromatic N) is 3.